The summed E-state index contributed by atoms with van der Waals surface area (Å²) in [7, 11) is 3.25. The van der Waals surface area contributed by atoms with Crippen molar-refractivity contribution in [1.29, 1.82) is 5.26 Å². The van der Waals surface area contributed by atoms with E-state index in [1.165, 1.54) is 5.56 Å². The first-order valence-corrected chi connectivity index (χ1v) is 10.9. The Kier molecular flexibility index (Phi) is 5.57. The summed E-state index contributed by atoms with van der Waals surface area (Å²) in [4.78, 5) is 18.2. The first kappa shape index (κ1) is 20.8. The molecule has 3 aromatic rings. The Labute approximate surface area is 192 Å². The predicted molar refractivity (Wildman–Crippen MR) is 126 cm³/mol. The molecule has 1 saturated heterocycles. The van der Waals surface area contributed by atoms with Crippen LogP contribution in [-0.2, 0) is 6.54 Å². The normalized spacial score (nSPS) is 16.1. The van der Waals surface area contributed by atoms with Crippen LogP contribution in [0.15, 0.2) is 47.7 Å². The van der Waals surface area contributed by atoms with Gasteiger partial charge < -0.3 is 19.3 Å². The number of piperidine rings is 1. The molecule has 2 aromatic carbocycles. The van der Waals surface area contributed by atoms with Gasteiger partial charge in [0.05, 0.1) is 25.4 Å². The molecule has 0 saturated carbocycles. The maximum Gasteiger partial charge on any atom is 0.213 e. The lowest BCUT2D eigenvalue weighted by Gasteiger charge is -2.41. The molecule has 3 heterocycles. The van der Waals surface area contributed by atoms with Crippen LogP contribution in [-0.4, -0.2) is 54.2 Å². The summed E-state index contributed by atoms with van der Waals surface area (Å²) < 4.78 is 10.9. The molecule has 0 unspecified atom stereocenters. The summed E-state index contributed by atoms with van der Waals surface area (Å²) in [5, 5.41) is 13.0. The molecular formula is C24H25N7O2. The van der Waals surface area contributed by atoms with Gasteiger partial charge in [-0.2, -0.15) is 5.26 Å². The Balaban J connectivity index is 1.37. The number of nitriles is 1. The van der Waals surface area contributed by atoms with Crippen LogP contribution < -0.4 is 19.7 Å². The number of benzene rings is 2. The molecule has 9 nitrogen and oxygen atoms in total. The highest BCUT2D eigenvalue weighted by atomic mass is 16.5. The number of aliphatic imine (C=N–C) groups is 1. The molecule has 0 atom stereocenters. The number of hydrogen-bond acceptors (Lipinski definition) is 9. The number of nitrogens with zero attached hydrogens (tertiary/aromatic N) is 6. The van der Waals surface area contributed by atoms with Gasteiger partial charge in [0.1, 0.15) is 12.1 Å². The van der Waals surface area contributed by atoms with Crippen LogP contribution >= 0.6 is 0 Å². The van der Waals surface area contributed by atoms with Crippen LogP contribution in [0.4, 0.5) is 11.5 Å². The van der Waals surface area contributed by atoms with E-state index in [9.17, 15) is 5.26 Å². The van der Waals surface area contributed by atoms with Gasteiger partial charge in [-0.25, -0.2) is 15.0 Å². The lowest BCUT2D eigenvalue weighted by molar-refractivity contribution is 0.250. The van der Waals surface area contributed by atoms with Crippen molar-refractivity contribution >= 4 is 28.4 Å². The van der Waals surface area contributed by atoms with Crippen molar-refractivity contribution in [2.75, 3.05) is 32.2 Å². The van der Waals surface area contributed by atoms with E-state index in [2.05, 4.69) is 31.2 Å². The van der Waals surface area contributed by atoms with E-state index in [1.54, 1.807) is 20.5 Å². The smallest absolute Gasteiger partial charge is 0.213 e. The van der Waals surface area contributed by atoms with E-state index >= 15 is 0 Å². The van der Waals surface area contributed by atoms with Gasteiger partial charge in [-0.1, -0.05) is 18.2 Å². The first-order chi connectivity index (χ1) is 16.2. The number of guanidine groups is 1. The molecule has 2 aliphatic rings. The van der Waals surface area contributed by atoms with Crippen LogP contribution in [0.3, 0.4) is 0 Å². The molecule has 0 bridgehead atoms. The fraction of sp³-hybridized carbons (Fsp3) is 0.333. The Morgan fingerprint density at radius 1 is 1.06 bits per heavy atom. The number of rotatable bonds is 4. The Hall–Kier alpha value is -4.06. The van der Waals surface area contributed by atoms with Crippen LogP contribution in [0.25, 0.3) is 10.9 Å². The average Bonchev–Trinajstić information content (AvgIpc) is 2.87. The molecule has 1 N–H and O–H groups in total. The van der Waals surface area contributed by atoms with Crippen molar-refractivity contribution in [3.8, 4) is 17.7 Å². The van der Waals surface area contributed by atoms with Gasteiger partial charge in [-0.3, -0.25) is 5.32 Å². The van der Waals surface area contributed by atoms with Crippen molar-refractivity contribution in [1.82, 2.24) is 20.2 Å². The van der Waals surface area contributed by atoms with E-state index < -0.39 is 0 Å². The Bertz CT molecular complexity index is 1250. The molecule has 5 rings (SSSR count). The number of anilines is 1. The van der Waals surface area contributed by atoms with Crippen LogP contribution in [0.5, 0.6) is 11.5 Å². The number of fused-ring (bicyclic) bond motifs is 2. The first-order valence-electron chi connectivity index (χ1n) is 10.9. The molecule has 0 amide bonds. The highest BCUT2D eigenvalue weighted by Crippen LogP contribution is 2.36. The predicted octanol–water partition coefficient (Wildman–Crippen LogP) is 3.19. The Morgan fingerprint density at radius 2 is 1.82 bits per heavy atom. The molecule has 1 aromatic heterocycles. The van der Waals surface area contributed by atoms with E-state index in [0.29, 0.717) is 17.5 Å². The largest absolute Gasteiger partial charge is 0.493 e. The van der Waals surface area contributed by atoms with E-state index in [0.717, 1.165) is 54.9 Å². The maximum absolute atomic E-state index is 9.24. The van der Waals surface area contributed by atoms with Crippen molar-refractivity contribution in [2.24, 2.45) is 4.99 Å². The summed E-state index contributed by atoms with van der Waals surface area (Å²) in [6.07, 6.45) is 5.48. The van der Waals surface area contributed by atoms with Crippen molar-refractivity contribution in [2.45, 2.75) is 25.4 Å². The van der Waals surface area contributed by atoms with E-state index in [4.69, 9.17) is 14.5 Å². The molecule has 9 heteroatoms. The summed E-state index contributed by atoms with van der Waals surface area (Å²) in [5.41, 5.74) is 2.91. The third kappa shape index (κ3) is 3.84. The van der Waals surface area contributed by atoms with Crippen LogP contribution in [0.2, 0.25) is 0 Å². The molecular weight excluding hydrogens is 418 g/mol. The van der Waals surface area contributed by atoms with E-state index in [-0.39, 0.29) is 6.04 Å². The second kappa shape index (κ2) is 8.82. The maximum atomic E-state index is 9.24. The second-order valence-electron chi connectivity index (χ2n) is 8.07. The molecule has 1 fully saturated rings. The van der Waals surface area contributed by atoms with Crippen LogP contribution in [0, 0.1) is 11.5 Å². The van der Waals surface area contributed by atoms with Crippen molar-refractivity contribution in [3.05, 3.63) is 48.3 Å². The quantitative estimate of drug-likeness (QED) is 0.485. The fourth-order valence-corrected chi connectivity index (χ4v) is 4.65. The fourth-order valence-electron chi connectivity index (χ4n) is 4.65. The van der Waals surface area contributed by atoms with Gasteiger partial charge >= 0.3 is 0 Å². The number of nitrogens with one attached hydrogen (secondary N) is 1. The lowest BCUT2D eigenvalue weighted by atomic mass is 10.0. The number of para-hydroxylation sites is 1. The van der Waals surface area contributed by atoms with Gasteiger partial charge in [0.25, 0.3) is 0 Å². The molecule has 0 radical (unpaired) electrons. The zero-order valence-electron chi connectivity index (χ0n) is 18.7. The highest BCUT2D eigenvalue weighted by Gasteiger charge is 2.31. The molecule has 168 valence electrons. The summed E-state index contributed by atoms with van der Waals surface area (Å²) in [5.74, 6) is 2.83. The highest BCUT2D eigenvalue weighted by molar-refractivity contribution is 5.92. The topological polar surface area (TPSA) is 98.9 Å². The third-order valence-electron chi connectivity index (χ3n) is 6.32. The van der Waals surface area contributed by atoms with Gasteiger partial charge in [0.15, 0.2) is 17.7 Å². The minimum absolute atomic E-state index is 0.275. The zero-order chi connectivity index (χ0) is 22.8. The summed E-state index contributed by atoms with van der Waals surface area (Å²) in [6.45, 7) is 2.41. The number of methoxy groups -OCH3 is 2. The standard InChI is InChI=1S/C24H25N7O2/c1-32-21-11-18-20(12-22(21)33-2)27-15-28-23(18)30-9-7-17(8-10-30)31-13-16-5-3-4-6-19(16)29-24(31)26-14-25/h3-6,11-12,15,17H,7-10,13H2,1-2H3,(H,26,29). The minimum Gasteiger partial charge on any atom is -0.493 e. The lowest BCUT2D eigenvalue weighted by Crippen LogP contribution is -2.51. The minimum atomic E-state index is 0.275. The van der Waals surface area contributed by atoms with E-state index in [1.807, 2.05) is 36.5 Å². The summed E-state index contributed by atoms with van der Waals surface area (Å²) in [6, 6.07) is 12.2. The zero-order valence-corrected chi connectivity index (χ0v) is 18.7. The molecule has 0 aliphatic carbocycles. The SMILES string of the molecule is COc1cc2ncnc(N3CCC(N4Cc5ccccc5N=C4NC#N)CC3)c2cc1OC. The molecule has 2 aliphatic heterocycles. The summed E-state index contributed by atoms with van der Waals surface area (Å²) >= 11 is 0. The van der Waals surface area contributed by atoms with Gasteiger partial charge in [-0.15, -0.1) is 0 Å². The van der Waals surface area contributed by atoms with Crippen LogP contribution in [0.1, 0.15) is 18.4 Å². The van der Waals surface area contributed by atoms with Crippen molar-refractivity contribution in [3.63, 3.8) is 0 Å². The Morgan fingerprint density at radius 3 is 2.58 bits per heavy atom. The molecule has 0 spiro atoms. The van der Waals surface area contributed by atoms with Crippen molar-refractivity contribution < 1.29 is 9.47 Å². The third-order valence-corrected chi connectivity index (χ3v) is 6.32. The van der Waals surface area contributed by atoms with Gasteiger partial charge in [0, 0.05) is 37.1 Å². The average molecular weight is 444 g/mol. The van der Waals surface area contributed by atoms with Gasteiger partial charge in [0.2, 0.25) is 5.96 Å². The monoisotopic (exact) mass is 443 g/mol. The number of ether oxygens (including phenoxy) is 2. The number of hydrogen-bond donors (Lipinski definition) is 1. The number of aromatic nitrogens is 2. The second-order valence-corrected chi connectivity index (χ2v) is 8.07. The molecule has 33 heavy (non-hydrogen) atoms. The van der Waals surface area contributed by atoms with Gasteiger partial charge in [-0.05, 0) is 30.5 Å².